The van der Waals surface area contributed by atoms with Crippen LogP contribution in [-0.2, 0) is 4.74 Å². The van der Waals surface area contributed by atoms with Crippen LogP contribution in [0.1, 0.15) is 30.0 Å². The Morgan fingerprint density at radius 1 is 1.27 bits per heavy atom. The number of rotatable bonds is 3. The zero-order valence-electron chi connectivity index (χ0n) is 13.3. The van der Waals surface area contributed by atoms with Gasteiger partial charge in [0.1, 0.15) is 5.75 Å². The van der Waals surface area contributed by atoms with Gasteiger partial charge in [-0.05, 0) is 37.3 Å². The molecule has 4 N–H and O–H groups in total. The van der Waals surface area contributed by atoms with Gasteiger partial charge in [-0.25, -0.2) is 0 Å². The van der Waals surface area contributed by atoms with E-state index in [0.29, 0.717) is 11.6 Å². The van der Waals surface area contributed by atoms with E-state index in [9.17, 15) is 5.11 Å². The van der Waals surface area contributed by atoms with E-state index in [0.717, 1.165) is 63.4 Å². The lowest BCUT2D eigenvalue weighted by atomic mass is 9.83. The summed E-state index contributed by atoms with van der Waals surface area (Å²) in [4.78, 5) is 2.51. The molecule has 1 aromatic rings. The molecule has 0 bridgehead atoms. The standard InChI is InChI=1S/C17H27N3O2/c1-12-2-3-14(18)17(21)15(12)16(13-4-10-22-11-5-13)20-8-6-19-7-9-20/h2-3,13,16,19,21H,4-11,18H2,1H3/t16-/m1/s1. The van der Waals surface area contributed by atoms with Crippen molar-refractivity contribution in [1.82, 2.24) is 10.2 Å². The highest BCUT2D eigenvalue weighted by Crippen LogP contribution is 2.42. The largest absolute Gasteiger partial charge is 0.505 e. The normalized spacial score (nSPS) is 22.6. The highest BCUT2D eigenvalue weighted by Gasteiger charge is 2.34. The van der Waals surface area contributed by atoms with Gasteiger partial charge in [-0.1, -0.05) is 6.07 Å². The van der Waals surface area contributed by atoms with E-state index < -0.39 is 0 Å². The molecule has 0 aliphatic carbocycles. The van der Waals surface area contributed by atoms with Crippen molar-refractivity contribution in [3.05, 3.63) is 23.3 Å². The summed E-state index contributed by atoms with van der Waals surface area (Å²) >= 11 is 0. The second-order valence-electron chi connectivity index (χ2n) is 6.41. The topological polar surface area (TPSA) is 70.8 Å². The number of piperazine rings is 1. The average Bonchev–Trinajstić information content (AvgIpc) is 2.57. The predicted octanol–water partition coefficient (Wildman–Crippen LogP) is 1.66. The number of nitrogens with zero attached hydrogens (tertiary/aromatic N) is 1. The van der Waals surface area contributed by atoms with E-state index in [1.54, 1.807) is 6.07 Å². The number of anilines is 1. The van der Waals surface area contributed by atoms with Crippen molar-refractivity contribution in [2.24, 2.45) is 5.92 Å². The fourth-order valence-electron chi connectivity index (χ4n) is 3.81. The van der Waals surface area contributed by atoms with Gasteiger partial charge in [0.05, 0.1) is 5.69 Å². The summed E-state index contributed by atoms with van der Waals surface area (Å²) in [5, 5.41) is 14.0. The minimum atomic E-state index is 0.231. The first-order chi connectivity index (χ1) is 10.7. The van der Waals surface area contributed by atoms with Crippen molar-refractivity contribution in [2.75, 3.05) is 45.1 Å². The molecule has 3 rings (SSSR count). The number of nitrogens with two attached hydrogens (primary N) is 1. The van der Waals surface area contributed by atoms with Crippen molar-refractivity contribution in [2.45, 2.75) is 25.8 Å². The summed E-state index contributed by atoms with van der Waals surface area (Å²) in [6.45, 7) is 7.73. The lowest BCUT2D eigenvalue weighted by Gasteiger charge is -2.42. The van der Waals surface area contributed by atoms with Crippen molar-refractivity contribution in [1.29, 1.82) is 0 Å². The number of nitrogens with one attached hydrogen (secondary N) is 1. The number of aryl methyl sites for hydroxylation is 1. The number of phenols is 1. The molecule has 0 spiro atoms. The first-order valence-electron chi connectivity index (χ1n) is 8.29. The molecule has 2 saturated heterocycles. The molecule has 0 saturated carbocycles. The van der Waals surface area contributed by atoms with Gasteiger partial charge < -0.3 is 20.9 Å². The van der Waals surface area contributed by atoms with Gasteiger partial charge in [-0.3, -0.25) is 4.90 Å². The van der Waals surface area contributed by atoms with Crippen LogP contribution in [0.15, 0.2) is 12.1 Å². The molecule has 1 aromatic carbocycles. The molecule has 0 radical (unpaired) electrons. The lowest BCUT2D eigenvalue weighted by Crippen LogP contribution is -2.47. The number of benzene rings is 1. The second-order valence-corrected chi connectivity index (χ2v) is 6.41. The number of aromatic hydroxyl groups is 1. The molecule has 122 valence electrons. The van der Waals surface area contributed by atoms with Crippen LogP contribution in [-0.4, -0.2) is 49.4 Å². The third kappa shape index (κ3) is 3.07. The lowest BCUT2D eigenvalue weighted by molar-refractivity contribution is 0.0205. The zero-order valence-corrected chi connectivity index (χ0v) is 13.3. The molecular formula is C17H27N3O2. The molecule has 0 unspecified atom stereocenters. The number of hydrogen-bond donors (Lipinski definition) is 3. The first kappa shape index (κ1) is 15.6. The van der Waals surface area contributed by atoms with E-state index in [4.69, 9.17) is 10.5 Å². The van der Waals surface area contributed by atoms with Crippen molar-refractivity contribution < 1.29 is 9.84 Å². The van der Waals surface area contributed by atoms with E-state index in [1.165, 1.54) is 0 Å². The molecule has 1 atom stereocenters. The first-order valence-corrected chi connectivity index (χ1v) is 8.29. The zero-order chi connectivity index (χ0) is 15.5. The van der Waals surface area contributed by atoms with Crippen molar-refractivity contribution in [3.63, 3.8) is 0 Å². The van der Waals surface area contributed by atoms with E-state index in [-0.39, 0.29) is 11.8 Å². The van der Waals surface area contributed by atoms with Gasteiger partial charge in [0.25, 0.3) is 0 Å². The molecule has 2 heterocycles. The van der Waals surface area contributed by atoms with Gasteiger partial charge in [0.2, 0.25) is 0 Å². The van der Waals surface area contributed by atoms with Crippen LogP contribution in [0.5, 0.6) is 5.75 Å². The van der Waals surface area contributed by atoms with Crippen LogP contribution in [0.25, 0.3) is 0 Å². The Hall–Kier alpha value is -1.30. The monoisotopic (exact) mass is 305 g/mol. The Kier molecular flexibility index (Phi) is 4.86. The third-order valence-corrected chi connectivity index (χ3v) is 5.02. The number of hydrogen-bond acceptors (Lipinski definition) is 5. The quantitative estimate of drug-likeness (QED) is 0.585. The molecule has 2 aliphatic heterocycles. The molecule has 22 heavy (non-hydrogen) atoms. The van der Waals surface area contributed by atoms with Gasteiger partial charge in [0, 0.05) is 51.0 Å². The maximum Gasteiger partial charge on any atom is 0.143 e. The molecule has 2 fully saturated rings. The van der Waals surface area contributed by atoms with Crippen LogP contribution in [0, 0.1) is 12.8 Å². The fourth-order valence-corrected chi connectivity index (χ4v) is 3.81. The number of ether oxygens (including phenoxy) is 1. The predicted molar refractivity (Wildman–Crippen MR) is 88.0 cm³/mol. The van der Waals surface area contributed by atoms with Gasteiger partial charge >= 0.3 is 0 Å². The molecule has 0 aromatic heterocycles. The summed E-state index contributed by atoms with van der Waals surface area (Å²) < 4.78 is 5.54. The Bertz CT molecular complexity index is 491. The van der Waals surface area contributed by atoms with Gasteiger partial charge in [-0.15, -0.1) is 0 Å². The Morgan fingerprint density at radius 2 is 1.95 bits per heavy atom. The van der Waals surface area contributed by atoms with Gasteiger partial charge in [-0.2, -0.15) is 0 Å². The van der Waals surface area contributed by atoms with Crippen LogP contribution in [0.3, 0.4) is 0 Å². The molecule has 5 heteroatoms. The van der Waals surface area contributed by atoms with Crippen LogP contribution in [0.2, 0.25) is 0 Å². The summed E-state index contributed by atoms with van der Waals surface area (Å²) in [7, 11) is 0. The Balaban J connectivity index is 1.98. The molecule has 0 amide bonds. The molecular weight excluding hydrogens is 278 g/mol. The van der Waals surface area contributed by atoms with Crippen LogP contribution in [0.4, 0.5) is 5.69 Å². The van der Waals surface area contributed by atoms with Crippen molar-refractivity contribution >= 4 is 5.69 Å². The van der Waals surface area contributed by atoms with Crippen LogP contribution < -0.4 is 11.1 Å². The maximum absolute atomic E-state index is 10.6. The third-order valence-electron chi connectivity index (χ3n) is 5.02. The number of nitrogen functional groups attached to an aromatic ring is 1. The van der Waals surface area contributed by atoms with Gasteiger partial charge in [0.15, 0.2) is 0 Å². The maximum atomic E-state index is 10.6. The SMILES string of the molecule is Cc1ccc(N)c(O)c1[C@@H](C1CCOCC1)N1CCNCC1. The highest BCUT2D eigenvalue weighted by molar-refractivity contribution is 5.59. The fraction of sp³-hybridized carbons (Fsp3) is 0.647. The van der Waals surface area contributed by atoms with Crippen molar-refractivity contribution in [3.8, 4) is 5.75 Å². The minimum Gasteiger partial charge on any atom is -0.505 e. The summed E-state index contributed by atoms with van der Waals surface area (Å²) in [6.07, 6.45) is 2.09. The smallest absolute Gasteiger partial charge is 0.143 e. The second kappa shape index (κ2) is 6.86. The summed E-state index contributed by atoms with van der Waals surface area (Å²) in [5.41, 5.74) is 8.61. The highest BCUT2D eigenvalue weighted by atomic mass is 16.5. The van der Waals surface area contributed by atoms with E-state index in [2.05, 4.69) is 17.1 Å². The Morgan fingerprint density at radius 3 is 2.64 bits per heavy atom. The number of phenolic OH excluding ortho intramolecular Hbond substituents is 1. The minimum absolute atomic E-state index is 0.231. The summed E-state index contributed by atoms with van der Waals surface area (Å²) in [5.74, 6) is 0.785. The van der Waals surface area contributed by atoms with E-state index in [1.807, 2.05) is 6.07 Å². The molecule has 2 aliphatic rings. The Labute approximate surface area is 132 Å². The average molecular weight is 305 g/mol. The van der Waals surface area contributed by atoms with Crippen LogP contribution >= 0.6 is 0 Å². The van der Waals surface area contributed by atoms with E-state index >= 15 is 0 Å². The summed E-state index contributed by atoms with van der Waals surface area (Å²) in [6, 6.07) is 4.06. The molecule has 5 nitrogen and oxygen atoms in total.